The third kappa shape index (κ3) is 4.09. The van der Waals surface area contributed by atoms with Gasteiger partial charge >= 0.3 is 0 Å². The number of hydrogen-bond donors (Lipinski definition) is 1. The van der Waals surface area contributed by atoms with E-state index in [0.29, 0.717) is 11.7 Å². The van der Waals surface area contributed by atoms with Crippen LogP contribution >= 0.6 is 27.3 Å². The van der Waals surface area contributed by atoms with Gasteiger partial charge in [-0.2, -0.15) is 10.2 Å². The van der Waals surface area contributed by atoms with Crippen molar-refractivity contribution in [2.45, 2.75) is 26.4 Å². The summed E-state index contributed by atoms with van der Waals surface area (Å²) in [7, 11) is 0. The molecule has 7 nitrogen and oxygen atoms in total. The topological polar surface area (TPSA) is 73.5 Å². The van der Waals surface area contributed by atoms with Gasteiger partial charge in [0.05, 0.1) is 12.2 Å². The first-order valence-corrected chi connectivity index (χ1v) is 10.1. The highest BCUT2D eigenvalue weighted by molar-refractivity contribution is 9.10. The van der Waals surface area contributed by atoms with E-state index in [0.717, 1.165) is 21.0 Å². The number of aromatic nitrogens is 6. The number of benzene rings is 1. The van der Waals surface area contributed by atoms with Crippen LogP contribution < -0.4 is 5.32 Å². The summed E-state index contributed by atoms with van der Waals surface area (Å²) < 4.78 is 4.86. The van der Waals surface area contributed by atoms with Crippen molar-refractivity contribution in [2.24, 2.45) is 0 Å². The molecule has 1 atom stereocenters. The minimum absolute atomic E-state index is 0.0414. The summed E-state index contributed by atoms with van der Waals surface area (Å²) in [6, 6.07) is 12.1. The SMILES string of the molecule is Cc1ccn(C(C)c2nnc(Nc3ccn(Cc4ccccc4Br)n3)s2)n1. The fraction of sp³-hybridized carbons (Fsp3) is 0.222. The molecule has 0 aliphatic heterocycles. The quantitative estimate of drug-likeness (QED) is 0.477. The number of nitrogens with zero attached hydrogens (tertiary/aromatic N) is 6. The van der Waals surface area contributed by atoms with Crippen LogP contribution in [0.2, 0.25) is 0 Å². The predicted octanol–water partition coefficient (Wildman–Crippen LogP) is 4.40. The van der Waals surface area contributed by atoms with Crippen LogP contribution in [0.5, 0.6) is 0 Å². The van der Waals surface area contributed by atoms with Crippen LogP contribution in [0.4, 0.5) is 10.9 Å². The number of hydrogen-bond acceptors (Lipinski definition) is 6. The number of anilines is 2. The summed E-state index contributed by atoms with van der Waals surface area (Å²) in [6.07, 6.45) is 3.90. The Kier molecular flexibility index (Phi) is 5.04. The van der Waals surface area contributed by atoms with Gasteiger partial charge in [-0.3, -0.25) is 9.36 Å². The second kappa shape index (κ2) is 7.61. The molecule has 27 heavy (non-hydrogen) atoms. The maximum Gasteiger partial charge on any atom is 0.211 e. The normalized spacial score (nSPS) is 12.3. The Balaban J connectivity index is 1.44. The third-order valence-electron chi connectivity index (χ3n) is 4.10. The van der Waals surface area contributed by atoms with E-state index in [1.165, 1.54) is 16.9 Å². The fourth-order valence-corrected chi connectivity index (χ4v) is 3.85. The summed E-state index contributed by atoms with van der Waals surface area (Å²) in [5.74, 6) is 0.743. The summed E-state index contributed by atoms with van der Waals surface area (Å²) >= 11 is 5.08. The van der Waals surface area contributed by atoms with Crippen LogP contribution in [0.15, 0.2) is 53.3 Å². The first-order chi connectivity index (χ1) is 13.1. The van der Waals surface area contributed by atoms with Gasteiger partial charge in [-0.1, -0.05) is 45.5 Å². The number of halogens is 1. The smallest absolute Gasteiger partial charge is 0.211 e. The number of aryl methyl sites for hydroxylation is 1. The molecule has 9 heteroatoms. The van der Waals surface area contributed by atoms with Crippen molar-refractivity contribution in [2.75, 3.05) is 5.32 Å². The molecular weight excluding hydrogens is 426 g/mol. The van der Waals surface area contributed by atoms with Crippen LogP contribution in [-0.4, -0.2) is 29.8 Å². The first kappa shape index (κ1) is 17.9. The molecule has 1 aromatic carbocycles. The van der Waals surface area contributed by atoms with E-state index in [2.05, 4.69) is 54.6 Å². The Morgan fingerprint density at radius 3 is 2.74 bits per heavy atom. The molecule has 3 aromatic heterocycles. The lowest BCUT2D eigenvalue weighted by molar-refractivity contribution is 0.554. The van der Waals surface area contributed by atoms with Crippen molar-refractivity contribution in [1.29, 1.82) is 0 Å². The van der Waals surface area contributed by atoms with Gasteiger partial charge in [-0.15, -0.1) is 10.2 Å². The van der Waals surface area contributed by atoms with Gasteiger partial charge in [0, 0.05) is 22.9 Å². The van der Waals surface area contributed by atoms with Crippen LogP contribution in [0.1, 0.15) is 29.2 Å². The fourth-order valence-electron chi connectivity index (χ4n) is 2.64. The van der Waals surface area contributed by atoms with Crippen molar-refractivity contribution in [3.05, 3.63) is 69.5 Å². The standard InChI is InChI=1S/C18H18BrN7S/c1-12-7-10-26(23-12)13(2)17-21-22-18(27-17)20-16-8-9-25(24-16)11-14-5-3-4-6-15(14)19/h3-10,13H,11H2,1-2H3,(H,20,22,24). The zero-order chi connectivity index (χ0) is 18.8. The average molecular weight is 444 g/mol. The van der Waals surface area contributed by atoms with Gasteiger partial charge in [-0.05, 0) is 31.5 Å². The molecule has 0 saturated heterocycles. The zero-order valence-corrected chi connectivity index (χ0v) is 17.3. The molecule has 0 saturated carbocycles. The van der Waals surface area contributed by atoms with Gasteiger partial charge < -0.3 is 5.32 Å². The van der Waals surface area contributed by atoms with E-state index < -0.39 is 0 Å². The average Bonchev–Trinajstić information content (AvgIpc) is 3.39. The van der Waals surface area contributed by atoms with Crippen molar-refractivity contribution in [3.63, 3.8) is 0 Å². The molecule has 0 amide bonds. The molecule has 4 aromatic rings. The highest BCUT2D eigenvalue weighted by atomic mass is 79.9. The number of rotatable bonds is 6. The third-order valence-corrected chi connectivity index (χ3v) is 5.88. The molecule has 0 fully saturated rings. The maximum atomic E-state index is 4.56. The van der Waals surface area contributed by atoms with E-state index in [4.69, 9.17) is 0 Å². The molecule has 1 N–H and O–H groups in total. The molecule has 3 heterocycles. The van der Waals surface area contributed by atoms with Crippen molar-refractivity contribution in [3.8, 4) is 0 Å². The molecule has 1 unspecified atom stereocenters. The van der Waals surface area contributed by atoms with Gasteiger partial charge in [0.25, 0.3) is 0 Å². The van der Waals surface area contributed by atoms with Crippen LogP contribution in [0.25, 0.3) is 0 Å². The van der Waals surface area contributed by atoms with Gasteiger partial charge in [-0.25, -0.2) is 0 Å². The lowest BCUT2D eigenvalue weighted by Gasteiger charge is -2.07. The van der Waals surface area contributed by atoms with Crippen LogP contribution in [-0.2, 0) is 6.54 Å². The van der Waals surface area contributed by atoms with E-state index in [1.54, 1.807) is 0 Å². The van der Waals surface area contributed by atoms with Gasteiger partial charge in [0.2, 0.25) is 5.13 Å². The van der Waals surface area contributed by atoms with E-state index in [1.807, 2.05) is 59.0 Å². The van der Waals surface area contributed by atoms with Gasteiger partial charge in [0.15, 0.2) is 5.82 Å². The lowest BCUT2D eigenvalue weighted by atomic mass is 10.2. The maximum absolute atomic E-state index is 4.56. The lowest BCUT2D eigenvalue weighted by Crippen LogP contribution is -2.07. The molecule has 0 aliphatic carbocycles. The Hall–Kier alpha value is -2.52. The monoisotopic (exact) mass is 443 g/mol. The number of nitrogens with one attached hydrogen (secondary N) is 1. The van der Waals surface area contributed by atoms with Crippen LogP contribution in [0.3, 0.4) is 0 Å². The Bertz CT molecular complexity index is 1050. The Morgan fingerprint density at radius 1 is 1.11 bits per heavy atom. The molecule has 0 bridgehead atoms. The predicted molar refractivity (Wildman–Crippen MR) is 109 cm³/mol. The van der Waals surface area contributed by atoms with Crippen molar-refractivity contribution >= 4 is 38.2 Å². The highest BCUT2D eigenvalue weighted by Crippen LogP contribution is 2.26. The molecule has 138 valence electrons. The first-order valence-electron chi connectivity index (χ1n) is 8.47. The minimum atomic E-state index is 0.0414. The van der Waals surface area contributed by atoms with E-state index >= 15 is 0 Å². The summed E-state index contributed by atoms with van der Waals surface area (Å²) in [5, 5.41) is 22.4. The highest BCUT2D eigenvalue weighted by Gasteiger charge is 2.15. The van der Waals surface area contributed by atoms with Gasteiger partial charge in [0.1, 0.15) is 11.0 Å². The van der Waals surface area contributed by atoms with Crippen LogP contribution in [0, 0.1) is 6.92 Å². The molecule has 0 aliphatic rings. The molecule has 0 spiro atoms. The molecule has 4 rings (SSSR count). The van der Waals surface area contributed by atoms with Crippen molar-refractivity contribution in [1.82, 2.24) is 29.8 Å². The summed E-state index contributed by atoms with van der Waals surface area (Å²) in [4.78, 5) is 0. The summed E-state index contributed by atoms with van der Waals surface area (Å²) in [5.41, 5.74) is 2.16. The second-order valence-electron chi connectivity index (χ2n) is 6.17. The Labute approximate surface area is 169 Å². The van der Waals surface area contributed by atoms with E-state index in [9.17, 15) is 0 Å². The zero-order valence-electron chi connectivity index (χ0n) is 14.9. The summed E-state index contributed by atoms with van der Waals surface area (Å²) in [6.45, 7) is 4.73. The molecule has 0 radical (unpaired) electrons. The minimum Gasteiger partial charge on any atom is -0.313 e. The molecular formula is C18H18BrN7S. The van der Waals surface area contributed by atoms with Crippen molar-refractivity contribution < 1.29 is 0 Å². The second-order valence-corrected chi connectivity index (χ2v) is 8.04. The largest absolute Gasteiger partial charge is 0.313 e. The van der Waals surface area contributed by atoms with E-state index in [-0.39, 0.29) is 6.04 Å². The Morgan fingerprint density at radius 2 is 1.96 bits per heavy atom.